The number of unbranched alkanes of at least 4 members (excludes halogenated alkanes) is 33. The van der Waals surface area contributed by atoms with Crippen LogP contribution in [0.5, 0.6) is 0 Å². The standard InChI is InChI=1S/C42H77/c1-2-3-4-5-6-7-8-9-10-11-12-13-14-15-16-17-18-19-20-21-22-23-24-25-26-27-28-29-30-31-32-33-34-36-39-42-40-37-35-38-41-42/h35,37-38,40H,2-34,36,39H2,1H3. The van der Waals surface area contributed by atoms with Gasteiger partial charge in [-0.05, 0) is 24.5 Å². The molecule has 0 amide bonds. The summed E-state index contributed by atoms with van der Waals surface area (Å²) in [4.78, 5) is 0. The molecule has 42 heavy (non-hydrogen) atoms. The van der Waals surface area contributed by atoms with Crippen LogP contribution < -0.4 is 0 Å². The van der Waals surface area contributed by atoms with Crippen molar-refractivity contribution in [3.05, 3.63) is 35.9 Å². The van der Waals surface area contributed by atoms with Gasteiger partial charge in [-0.2, -0.15) is 0 Å². The van der Waals surface area contributed by atoms with Crippen molar-refractivity contribution in [2.75, 3.05) is 0 Å². The number of hydrogen-bond acceptors (Lipinski definition) is 0. The van der Waals surface area contributed by atoms with E-state index in [9.17, 15) is 0 Å². The van der Waals surface area contributed by atoms with Crippen molar-refractivity contribution in [2.45, 2.75) is 232 Å². The van der Waals surface area contributed by atoms with Gasteiger partial charge in [0.25, 0.3) is 0 Å². The highest BCUT2D eigenvalue weighted by Crippen LogP contribution is 2.17. The Bertz CT molecular complexity index is 589. The zero-order valence-electron chi connectivity index (χ0n) is 29.1. The Morgan fingerprint density at radius 3 is 0.833 bits per heavy atom. The Balaban J connectivity index is 1.61. The first-order valence-corrected chi connectivity index (χ1v) is 19.9. The molecule has 0 bridgehead atoms. The number of aryl methyl sites for hydroxylation is 1. The van der Waals surface area contributed by atoms with E-state index in [4.69, 9.17) is 0 Å². The second-order valence-electron chi connectivity index (χ2n) is 13.8. The van der Waals surface area contributed by atoms with E-state index < -0.39 is 0 Å². The summed E-state index contributed by atoms with van der Waals surface area (Å²) in [5.41, 5.74) is 1.38. The first-order chi connectivity index (χ1) is 20.9. The van der Waals surface area contributed by atoms with Crippen molar-refractivity contribution in [2.24, 2.45) is 0 Å². The van der Waals surface area contributed by atoms with Gasteiger partial charge in [-0.25, -0.2) is 0 Å². The molecule has 0 aromatic heterocycles. The third kappa shape index (κ3) is 30.7. The Labute approximate surface area is 267 Å². The molecule has 0 aliphatic heterocycles. The predicted molar refractivity (Wildman–Crippen MR) is 192 cm³/mol. The topological polar surface area (TPSA) is 0 Å². The molecule has 0 fully saturated rings. The zero-order valence-corrected chi connectivity index (χ0v) is 29.1. The fourth-order valence-corrected chi connectivity index (χ4v) is 6.63. The van der Waals surface area contributed by atoms with E-state index in [1.54, 1.807) is 0 Å². The minimum atomic E-state index is 1.21. The van der Waals surface area contributed by atoms with Gasteiger partial charge in [0.15, 0.2) is 0 Å². The summed E-state index contributed by atoms with van der Waals surface area (Å²) in [6.45, 7) is 2.31. The van der Waals surface area contributed by atoms with Gasteiger partial charge in [-0.1, -0.05) is 243 Å². The summed E-state index contributed by atoms with van der Waals surface area (Å²) < 4.78 is 0. The first-order valence-electron chi connectivity index (χ1n) is 19.9. The molecule has 0 N–H and O–H groups in total. The first kappa shape index (κ1) is 39.2. The number of hydrogen-bond donors (Lipinski definition) is 0. The van der Waals surface area contributed by atoms with E-state index in [0.29, 0.717) is 0 Å². The molecule has 0 unspecified atom stereocenters. The molecule has 0 heterocycles. The van der Waals surface area contributed by atoms with Crippen LogP contribution in [0.3, 0.4) is 0 Å². The van der Waals surface area contributed by atoms with Crippen molar-refractivity contribution in [1.82, 2.24) is 0 Å². The lowest BCUT2D eigenvalue weighted by Gasteiger charge is -2.05. The molecule has 0 aliphatic carbocycles. The Morgan fingerprint density at radius 2 is 0.595 bits per heavy atom. The summed E-state index contributed by atoms with van der Waals surface area (Å²) in [5.74, 6) is 0. The van der Waals surface area contributed by atoms with Crippen molar-refractivity contribution in [1.29, 1.82) is 0 Å². The van der Waals surface area contributed by atoms with Gasteiger partial charge in [0.2, 0.25) is 0 Å². The third-order valence-corrected chi connectivity index (χ3v) is 9.57. The highest BCUT2D eigenvalue weighted by atomic mass is 14.0. The molecular formula is C42H77. The molecule has 1 aromatic rings. The lowest BCUT2D eigenvalue weighted by atomic mass is 10.0. The van der Waals surface area contributed by atoms with Crippen LogP contribution >= 0.6 is 0 Å². The van der Waals surface area contributed by atoms with E-state index in [1.807, 2.05) is 6.07 Å². The van der Waals surface area contributed by atoms with Crippen molar-refractivity contribution in [3.8, 4) is 0 Å². The van der Waals surface area contributed by atoms with E-state index in [-0.39, 0.29) is 0 Å². The monoisotopic (exact) mass is 582 g/mol. The minimum Gasteiger partial charge on any atom is -0.0654 e. The fourth-order valence-electron chi connectivity index (χ4n) is 6.63. The molecule has 0 atom stereocenters. The van der Waals surface area contributed by atoms with E-state index in [2.05, 4.69) is 31.2 Å². The van der Waals surface area contributed by atoms with Crippen molar-refractivity contribution in [3.63, 3.8) is 0 Å². The predicted octanol–water partition coefficient (Wildman–Crippen LogP) is 15.3. The van der Waals surface area contributed by atoms with Crippen LogP contribution in [0, 0.1) is 6.07 Å². The van der Waals surface area contributed by atoms with Gasteiger partial charge in [-0.15, -0.1) is 0 Å². The van der Waals surface area contributed by atoms with Gasteiger partial charge in [-0.3, -0.25) is 0 Å². The second kappa shape index (κ2) is 34.7. The van der Waals surface area contributed by atoms with Gasteiger partial charge in [0.05, 0.1) is 0 Å². The van der Waals surface area contributed by atoms with Gasteiger partial charge >= 0.3 is 0 Å². The highest BCUT2D eigenvalue weighted by Gasteiger charge is 1.98. The molecule has 1 rings (SSSR count). The molecule has 1 aromatic carbocycles. The summed E-state index contributed by atoms with van der Waals surface area (Å²) in [5, 5.41) is 0. The maximum absolute atomic E-state index is 3.34. The smallest absolute Gasteiger partial charge is 0.0149 e. The Morgan fingerprint density at radius 1 is 0.333 bits per heavy atom. The van der Waals surface area contributed by atoms with E-state index in [1.165, 1.54) is 230 Å². The summed E-state index contributed by atoms with van der Waals surface area (Å²) in [6.07, 6.45) is 51.2. The minimum absolute atomic E-state index is 1.21. The third-order valence-electron chi connectivity index (χ3n) is 9.57. The number of benzene rings is 1. The molecular weight excluding hydrogens is 504 g/mol. The fraction of sp³-hybridized carbons (Fsp3) is 0.857. The average molecular weight is 582 g/mol. The number of rotatable bonds is 35. The van der Waals surface area contributed by atoms with Gasteiger partial charge in [0.1, 0.15) is 0 Å². The summed E-state index contributed by atoms with van der Waals surface area (Å²) in [6, 6.07) is 11.8. The average Bonchev–Trinajstić information content (AvgIpc) is 3.01. The summed E-state index contributed by atoms with van der Waals surface area (Å²) >= 11 is 0. The van der Waals surface area contributed by atoms with Crippen molar-refractivity contribution < 1.29 is 0 Å². The lowest BCUT2D eigenvalue weighted by molar-refractivity contribution is 0.511. The molecule has 245 valence electrons. The highest BCUT2D eigenvalue weighted by molar-refractivity contribution is 5.12. The quantitative estimate of drug-likeness (QED) is 0.0699. The summed E-state index contributed by atoms with van der Waals surface area (Å²) in [7, 11) is 0. The molecule has 0 aliphatic rings. The van der Waals surface area contributed by atoms with Crippen LogP contribution in [0.2, 0.25) is 0 Å². The van der Waals surface area contributed by atoms with Crippen LogP contribution in [0.1, 0.15) is 231 Å². The normalized spacial score (nSPS) is 11.5. The molecule has 1 radical (unpaired) electrons. The van der Waals surface area contributed by atoms with Gasteiger partial charge < -0.3 is 0 Å². The SMILES string of the molecule is CCCCCCCCCCCCCCCCCCCCCCCCCCCCCCCCCCCCc1[c]cccc1. The maximum Gasteiger partial charge on any atom is -0.0149 e. The van der Waals surface area contributed by atoms with Crippen LogP contribution in [0.15, 0.2) is 24.3 Å². The van der Waals surface area contributed by atoms with Crippen LogP contribution in [0.25, 0.3) is 0 Å². The van der Waals surface area contributed by atoms with Crippen LogP contribution in [0.4, 0.5) is 0 Å². The maximum atomic E-state index is 3.34. The largest absolute Gasteiger partial charge is 0.0654 e. The van der Waals surface area contributed by atoms with E-state index >= 15 is 0 Å². The van der Waals surface area contributed by atoms with Gasteiger partial charge in [0, 0.05) is 0 Å². The van der Waals surface area contributed by atoms with Crippen LogP contribution in [-0.4, -0.2) is 0 Å². The molecule has 0 spiro atoms. The second-order valence-corrected chi connectivity index (χ2v) is 13.8. The van der Waals surface area contributed by atoms with Crippen molar-refractivity contribution >= 4 is 0 Å². The molecule has 0 saturated heterocycles. The zero-order chi connectivity index (χ0) is 29.9. The lowest BCUT2D eigenvalue weighted by Crippen LogP contribution is -1.86. The molecule has 0 saturated carbocycles. The van der Waals surface area contributed by atoms with E-state index in [0.717, 1.165) is 0 Å². The Hall–Kier alpha value is -0.780. The van der Waals surface area contributed by atoms with Crippen LogP contribution in [-0.2, 0) is 6.42 Å². The Kier molecular flexibility index (Phi) is 32.4. The molecule has 0 nitrogen and oxygen atoms in total. The molecule has 0 heteroatoms.